The lowest BCUT2D eigenvalue weighted by molar-refractivity contribution is 0.0911. The Morgan fingerprint density at radius 1 is 0.967 bits per heavy atom. The standard InChI is InChI=1S/C22H23N3O5/c1-28-16-6-4-14(5-7-16)19-11-23-12-20(25-19)22(27)24-13-21(26)15-8-17(29-2)10-18(9-15)30-3/h4-12,21,26H,13H2,1-3H3,(H,24,27)/t21-/m1/s1. The zero-order valence-corrected chi connectivity index (χ0v) is 17.0. The first-order chi connectivity index (χ1) is 14.5. The van der Waals surface area contributed by atoms with E-state index in [4.69, 9.17) is 14.2 Å². The molecule has 0 unspecified atom stereocenters. The van der Waals surface area contributed by atoms with E-state index in [1.54, 1.807) is 31.5 Å². The molecule has 0 aliphatic heterocycles. The molecule has 0 spiro atoms. The number of ether oxygens (including phenoxy) is 3. The number of carbonyl (C=O) groups is 1. The Balaban J connectivity index is 1.69. The Kier molecular flexibility index (Phi) is 6.82. The molecule has 1 heterocycles. The maximum absolute atomic E-state index is 12.5. The molecule has 0 aliphatic carbocycles. The van der Waals surface area contributed by atoms with Gasteiger partial charge < -0.3 is 24.6 Å². The van der Waals surface area contributed by atoms with Crippen molar-refractivity contribution in [2.75, 3.05) is 27.9 Å². The fraction of sp³-hybridized carbons (Fsp3) is 0.227. The van der Waals surface area contributed by atoms with E-state index in [0.717, 1.165) is 11.3 Å². The molecule has 1 atom stereocenters. The molecule has 3 rings (SSSR count). The zero-order chi connectivity index (χ0) is 21.5. The summed E-state index contributed by atoms with van der Waals surface area (Å²) in [6.45, 7) is -0.0103. The van der Waals surface area contributed by atoms with Crippen LogP contribution in [0.5, 0.6) is 17.2 Å². The number of aliphatic hydroxyl groups is 1. The van der Waals surface area contributed by atoms with Crippen LogP contribution in [0.1, 0.15) is 22.2 Å². The molecule has 0 aliphatic rings. The summed E-state index contributed by atoms with van der Waals surface area (Å²) < 4.78 is 15.6. The first kappa shape index (κ1) is 21.1. The van der Waals surface area contributed by atoms with Gasteiger partial charge in [-0.2, -0.15) is 0 Å². The lowest BCUT2D eigenvalue weighted by atomic mass is 10.1. The summed E-state index contributed by atoms with van der Waals surface area (Å²) in [4.78, 5) is 21.0. The number of methoxy groups -OCH3 is 3. The van der Waals surface area contributed by atoms with Crippen molar-refractivity contribution < 1.29 is 24.1 Å². The SMILES string of the molecule is COc1ccc(-c2cncc(C(=O)NC[C@@H](O)c3cc(OC)cc(OC)c3)n2)cc1. The molecule has 8 heteroatoms. The molecule has 2 N–H and O–H groups in total. The lowest BCUT2D eigenvalue weighted by Gasteiger charge is -2.15. The summed E-state index contributed by atoms with van der Waals surface area (Å²) in [5.41, 5.74) is 2.08. The second-order valence-electron chi connectivity index (χ2n) is 6.39. The lowest BCUT2D eigenvalue weighted by Crippen LogP contribution is -2.29. The van der Waals surface area contributed by atoms with Crippen LogP contribution in [0.2, 0.25) is 0 Å². The molecule has 1 amide bonds. The van der Waals surface area contributed by atoms with Gasteiger partial charge in [-0.25, -0.2) is 4.98 Å². The Labute approximate surface area is 174 Å². The molecule has 1 aromatic heterocycles. The van der Waals surface area contributed by atoms with Gasteiger partial charge in [0.1, 0.15) is 22.9 Å². The first-order valence-corrected chi connectivity index (χ1v) is 9.19. The number of nitrogens with zero attached hydrogens (tertiary/aromatic N) is 2. The fourth-order valence-corrected chi connectivity index (χ4v) is 2.80. The maximum Gasteiger partial charge on any atom is 0.271 e. The third-order valence-corrected chi connectivity index (χ3v) is 4.47. The zero-order valence-electron chi connectivity index (χ0n) is 17.0. The van der Waals surface area contributed by atoms with Gasteiger partial charge >= 0.3 is 0 Å². The molecule has 0 saturated carbocycles. The van der Waals surface area contributed by atoms with E-state index in [0.29, 0.717) is 22.8 Å². The van der Waals surface area contributed by atoms with E-state index in [9.17, 15) is 9.90 Å². The number of benzene rings is 2. The van der Waals surface area contributed by atoms with Gasteiger partial charge in [0.25, 0.3) is 5.91 Å². The highest BCUT2D eigenvalue weighted by Crippen LogP contribution is 2.26. The number of aliphatic hydroxyl groups excluding tert-OH is 1. The van der Waals surface area contributed by atoms with Gasteiger partial charge in [-0.05, 0) is 42.0 Å². The molecular weight excluding hydrogens is 386 g/mol. The number of rotatable bonds is 8. The molecule has 3 aromatic rings. The summed E-state index contributed by atoms with van der Waals surface area (Å²) in [5.74, 6) is 1.39. The minimum Gasteiger partial charge on any atom is -0.497 e. The summed E-state index contributed by atoms with van der Waals surface area (Å²) in [7, 11) is 4.65. The van der Waals surface area contributed by atoms with Gasteiger partial charge in [-0.1, -0.05) is 0 Å². The van der Waals surface area contributed by atoms with Crippen molar-refractivity contribution in [1.29, 1.82) is 0 Å². The number of aromatic nitrogens is 2. The molecule has 0 bridgehead atoms. The van der Waals surface area contributed by atoms with E-state index in [1.807, 2.05) is 24.3 Å². The largest absolute Gasteiger partial charge is 0.497 e. The summed E-state index contributed by atoms with van der Waals surface area (Å²) in [6.07, 6.45) is 2.01. The Bertz CT molecular complexity index is 986. The van der Waals surface area contributed by atoms with Gasteiger partial charge in [-0.3, -0.25) is 9.78 Å². The molecule has 8 nitrogen and oxygen atoms in total. The minimum atomic E-state index is -0.948. The van der Waals surface area contributed by atoms with Crippen LogP contribution in [-0.2, 0) is 0 Å². The Morgan fingerprint density at radius 2 is 1.60 bits per heavy atom. The third-order valence-electron chi connectivity index (χ3n) is 4.47. The van der Waals surface area contributed by atoms with Crippen molar-refractivity contribution in [2.45, 2.75) is 6.10 Å². The van der Waals surface area contributed by atoms with Gasteiger partial charge in [0.15, 0.2) is 0 Å². The summed E-state index contributed by atoms with van der Waals surface area (Å²) in [6, 6.07) is 12.4. The monoisotopic (exact) mass is 409 g/mol. The normalized spacial score (nSPS) is 11.5. The quantitative estimate of drug-likeness (QED) is 0.589. The number of amides is 1. The Hall–Kier alpha value is -3.65. The maximum atomic E-state index is 12.5. The number of hydrogen-bond acceptors (Lipinski definition) is 7. The second-order valence-corrected chi connectivity index (χ2v) is 6.39. The van der Waals surface area contributed by atoms with Crippen molar-refractivity contribution in [3.8, 4) is 28.5 Å². The van der Waals surface area contributed by atoms with Crippen LogP contribution in [0, 0.1) is 0 Å². The average molecular weight is 409 g/mol. The fourth-order valence-electron chi connectivity index (χ4n) is 2.80. The van der Waals surface area contributed by atoms with Gasteiger partial charge in [-0.15, -0.1) is 0 Å². The Morgan fingerprint density at radius 3 is 2.20 bits per heavy atom. The van der Waals surface area contributed by atoms with Crippen LogP contribution in [0.15, 0.2) is 54.9 Å². The van der Waals surface area contributed by atoms with Crippen LogP contribution < -0.4 is 19.5 Å². The van der Waals surface area contributed by atoms with Crippen molar-refractivity contribution in [1.82, 2.24) is 15.3 Å². The molecule has 0 saturated heterocycles. The first-order valence-electron chi connectivity index (χ1n) is 9.19. The molecule has 0 radical (unpaired) electrons. The van der Waals surface area contributed by atoms with Crippen molar-refractivity contribution in [2.24, 2.45) is 0 Å². The van der Waals surface area contributed by atoms with E-state index >= 15 is 0 Å². The highest BCUT2D eigenvalue weighted by atomic mass is 16.5. The van der Waals surface area contributed by atoms with Crippen LogP contribution >= 0.6 is 0 Å². The van der Waals surface area contributed by atoms with Gasteiger partial charge in [0.05, 0.1) is 45.5 Å². The average Bonchev–Trinajstić information content (AvgIpc) is 2.81. The van der Waals surface area contributed by atoms with Crippen molar-refractivity contribution in [3.05, 3.63) is 66.1 Å². The van der Waals surface area contributed by atoms with E-state index in [1.165, 1.54) is 20.4 Å². The molecule has 2 aromatic carbocycles. The molecule has 156 valence electrons. The van der Waals surface area contributed by atoms with Gasteiger partial charge in [0.2, 0.25) is 0 Å². The van der Waals surface area contributed by atoms with Crippen LogP contribution in [0.25, 0.3) is 11.3 Å². The number of carbonyl (C=O) groups excluding carboxylic acids is 1. The topological polar surface area (TPSA) is 103 Å². The highest BCUT2D eigenvalue weighted by molar-refractivity contribution is 5.92. The minimum absolute atomic E-state index is 0.0103. The van der Waals surface area contributed by atoms with Gasteiger partial charge in [0, 0.05) is 18.2 Å². The second kappa shape index (κ2) is 9.71. The van der Waals surface area contributed by atoms with E-state index in [-0.39, 0.29) is 12.2 Å². The smallest absolute Gasteiger partial charge is 0.271 e. The molecular formula is C22H23N3O5. The number of nitrogens with one attached hydrogen (secondary N) is 1. The van der Waals surface area contributed by atoms with Crippen LogP contribution in [-0.4, -0.2) is 48.9 Å². The number of hydrogen-bond donors (Lipinski definition) is 2. The van der Waals surface area contributed by atoms with Crippen LogP contribution in [0.4, 0.5) is 0 Å². The summed E-state index contributed by atoms with van der Waals surface area (Å²) in [5, 5.41) is 13.1. The van der Waals surface area contributed by atoms with E-state index < -0.39 is 12.0 Å². The predicted molar refractivity (Wildman–Crippen MR) is 111 cm³/mol. The van der Waals surface area contributed by atoms with Crippen molar-refractivity contribution in [3.63, 3.8) is 0 Å². The van der Waals surface area contributed by atoms with Crippen LogP contribution in [0.3, 0.4) is 0 Å². The summed E-state index contributed by atoms with van der Waals surface area (Å²) >= 11 is 0. The molecule has 0 fully saturated rings. The van der Waals surface area contributed by atoms with E-state index in [2.05, 4.69) is 15.3 Å². The third kappa shape index (κ3) is 5.03. The van der Waals surface area contributed by atoms with Crippen molar-refractivity contribution >= 4 is 5.91 Å². The highest BCUT2D eigenvalue weighted by Gasteiger charge is 2.15. The molecule has 30 heavy (non-hydrogen) atoms. The predicted octanol–water partition coefficient (Wildman–Crippen LogP) is 2.63.